The van der Waals surface area contributed by atoms with E-state index in [2.05, 4.69) is 0 Å². The fourth-order valence-corrected chi connectivity index (χ4v) is 1.63. The van der Waals surface area contributed by atoms with Gasteiger partial charge in [0.2, 0.25) is 0 Å². The third-order valence-corrected chi connectivity index (χ3v) is 3.21. The molecule has 1 rings (SSSR count). The van der Waals surface area contributed by atoms with Crippen LogP contribution in [0.5, 0.6) is 0 Å². The molecular weight excluding hydrogens is 318 g/mol. The van der Waals surface area contributed by atoms with Gasteiger partial charge in [-0.2, -0.15) is 13.2 Å². The van der Waals surface area contributed by atoms with Gasteiger partial charge in [0.25, 0.3) is 11.5 Å². The summed E-state index contributed by atoms with van der Waals surface area (Å²) in [6.45, 7) is 0. The number of aliphatic hydroxyl groups is 1. The molecule has 110 valence electrons. The van der Waals surface area contributed by atoms with Crippen molar-refractivity contribution in [3.8, 4) is 0 Å². The maximum atomic E-state index is 12.8. The Balaban J connectivity index is 3.16. The topological polar surface area (TPSA) is 49.3 Å². The molecule has 0 aromatic heterocycles. The molecule has 2 N–H and O–H groups in total. The zero-order chi connectivity index (χ0) is 15.6. The van der Waals surface area contributed by atoms with Gasteiger partial charge in [-0.3, -0.25) is 4.79 Å². The molecule has 0 spiro atoms. The molecule has 1 unspecified atom stereocenters. The number of hydrogen-bond donors (Lipinski definition) is 2. The Hall–Kier alpha value is -1.24. The lowest BCUT2D eigenvalue weighted by atomic mass is 10.0. The van der Waals surface area contributed by atoms with E-state index in [9.17, 15) is 23.1 Å². The van der Waals surface area contributed by atoms with Crippen molar-refractivity contribution in [2.45, 2.75) is 11.8 Å². The van der Waals surface area contributed by atoms with E-state index in [-0.39, 0.29) is 15.6 Å². The van der Waals surface area contributed by atoms with Crippen LogP contribution in [0.3, 0.4) is 0 Å². The number of hydrogen-bond acceptors (Lipinski definition) is 2. The van der Waals surface area contributed by atoms with E-state index in [0.29, 0.717) is 6.08 Å². The van der Waals surface area contributed by atoms with Crippen LogP contribution in [0.2, 0.25) is 10.0 Å². The maximum absolute atomic E-state index is 12.8. The van der Waals surface area contributed by atoms with Gasteiger partial charge in [0.1, 0.15) is 0 Å². The molecule has 8 heteroatoms. The number of likely N-dealkylation sites (N-methyl/N-ethyl adjacent to an activating group) is 1. The SMILES string of the molecule is CNC(=O)C(O)(C=Cc1ccc(Cl)c(Cl)c1)C(F)(F)F. The number of carbonyl (C=O) groups is 1. The van der Waals surface area contributed by atoms with E-state index in [1.54, 1.807) is 5.32 Å². The van der Waals surface area contributed by atoms with Crippen LogP contribution in [0.25, 0.3) is 6.08 Å². The number of carbonyl (C=O) groups excluding carboxylic acids is 1. The first kappa shape index (κ1) is 16.8. The number of rotatable bonds is 3. The van der Waals surface area contributed by atoms with Crippen molar-refractivity contribution in [3.05, 3.63) is 39.9 Å². The van der Waals surface area contributed by atoms with Crippen LogP contribution in [0.15, 0.2) is 24.3 Å². The molecule has 1 aromatic rings. The third-order valence-electron chi connectivity index (χ3n) is 2.47. The molecule has 0 bridgehead atoms. The van der Waals surface area contributed by atoms with Crippen molar-refractivity contribution in [1.29, 1.82) is 0 Å². The van der Waals surface area contributed by atoms with Gasteiger partial charge in [0.05, 0.1) is 10.0 Å². The van der Waals surface area contributed by atoms with E-state index in [4.69, 9.17) is 23.2 Å². The summed E-state index contributed by atoms with van der Waals surface area (Å²) in [4.78, 5) is 11.2. The summed E-state index contributed by atoms with van der Waals surface area (Å²) in [6, 6.07) is 4.09. The van der Waals surface area contributed by atoms with Gasteiger partial charge in [-0.05, 0) is 23.8 Å². The Morgan fingerprint density at radius 3 is 2.35 bits per heavy atom. The summed E-state index contributed by atoms with van der Waals surface area (Å²) in [5.41, 5.74) is -3.36. The highest BCUT2D eigenvalue weighted by atomic mass is 35.5. The van der Waals surface area contributed by atoms with Crippen LogP contribution >= 0.6 is 23.2 Å². The summed E-state index contributed by atoms with van der Waals surface area (Å²) in [7, 11) is 0.992. The van der Waals surface area contributed by atoms with E-state index < -0.39 is 17.7 Å². The lowest BCUT2D eigenvalue weighted by molar-refractivity contribution is -0.233. The van der Waals surface area contributed by atoms with Crippen molar-refractivity contribution in [3.63, 3.8) is 0 Å². The van der Waals surface area contributed by atoms with Gasteiger partial charge in [0.15, 0.2) is 0 Å². The van der Waals surface area contributed by atoms with Crippen molar-refractivity contribution in [2.75, 3.05) is 7.05 Å². The number of amides is 1. The van der Waals surface area contributed by atoms with Crippen molar-refractivity contribution >= 4 is 35.2 Å². The molecule has 20 heavy (non-hydrogen) atoms. The second-order valence-electron chi connectivity index (χ2n) is 3.85. The second-order valence-corrected chi connectivity index (χ2v) is 4.66. The Morgan fingerprint density at radius 2 is 1.90 bits per heavy atom. The van der Waals surface area contributed by atoms with Gasteiger partial charge in [0, 0.05) is 7.05 Å². The van der Waals surface area contributed by atoms with Crippen LogP contribution in [-0.2, 0) is 4.79 Å². The average molecular weight is 328 g/mol. The zero-order valence-electron chi connectivity index (χ0n) is 10.1. The molecule has 1 atom stereocenters. The molecule has 0 heterocycles. The quantitative estimate of drug-likeness (QED) is 0.896. The normalized spacial score (nSPS) is 15.2. The Morgan fingerprint density at radius 1 is 1.30 bits per heavy atom. The average Bonchev–Trinajstić information content (AvgIpc) is 2.37. The molecule has 0 radical (unpaired) electrons. The van der Waals surface area contributed by atoms with Crippen LogP contribution < -0.4 is 5.32 Å². The number of halogens is 5. The molecule has 0 aliphatic rings. The van der Waals surface area contributed by atoms with E-state index in [1.165, 1.54) is 18.2 Å². The summed E-state index contributed by atoms with van der Waals surface area (Å²) in [5.74, 6) is -1.58. The Kier molecular flexibility index (Phi) is 5.07. The first-order chi connectivity index (χ1) is 9.11. The fourth-order valence-electron chi connectivity index (χ4n) is 1.32. The molecule has 0 aliphatic carbocycles. The van der Waals surface area contributed by atoms with Crippen LogP contribution in [0, 0.1) is 0 Å². The highest BCUT2D eigenvalue weighted by Crippen LogP contribution is 2.33. The highest BCUT2D eigenvalue weighted by molar-refractivity contribution is 6.42. The first-order valence-corrected chi connectivity index (χ1v) is 6.03. The minimum Gasteiger partial charge on any atom is -0.369 e. The monoisotopic (exact) mass is 327 g/mol. The van der Waals surface area contributed by atoms with E-state index >= 15 is 0 Å². The lowest BCUT2D eigenvalue weighted by Gasteiger charge is -2.25. The van der Waals surface area contributed by atoms with Crippen molar-refractivity contribution in [2.24, 2.45) is 0 Å². The minimum atomic E-state index is -5.15. The fraction of sp³-hybridized carbons (Fsp3) is 0.250. The van der Waals surface area contributed by atoms with Crippen LogP contribution in [-0.4, -0.2) is 29.8 Å². The lowest BCUT2D eigenvalue weighted by Crippen LogP contribution is -2.54. The molecule has 0 saturated carbocycles. The predicted octanol–water partition coefficient (Wildman–Crippen LogP) is 3.05. The summed E-state index contributed by atoms with van der Waals surface area (Å²) < 4.78 is 38.3. The number of alkyl halides is 3. The molecular formula is C12H10Cl2F3NO2. The van der Waals surface area contributed by atoms with E-state index in [0.717, 1.165) is 13.1 Å². The third kappa shape index (κ3) is 3.45. The molecule has 0 saturated heterocycles. The van der Waals surface area contributed by atoms with Crippen LogP contribution in [0.4, 0.5) is 13.2 Å². The first-order valence-electron chi connectivity index (χ1n) is 5.27. The number of benzene rings is 1. The molecule has 0 aliphatic heterocycles. The molecule has 1 amide bonds. The van der Waals surface area contributed by atoms with Gasteiger partial charge in [-0.25, -0.2) is 0 Å². The highest BCUT2D eigenvalue weighted by Gasteiger charge is 2.57. The molecule has 1 aromatic carbocycles. The smallest absolute Gasteiger partial charge is 0.369 e. The standard InChI is InChI=1S/C12H10Cl2F3NO2/c1-18-10(19)11(20,12(15,16)17)5-4-7-2-3-8(13)9(14)6-7/h2-6,20H,1H3,(H,18,19). The minimum absolute atomic E-state index is 0.143. The predicted molar refractivity (Wildman–Crippen MR) is 70.6 cm³/mol. The van der Waals surface area contributed by atoms with Gasteiger partial charge < -0.3 is 10.4 Å². The maximum Gasteiger partial charge on any atom is 0.430 e. The summed E-state index contributed by atoms with van der Waals surface area (Å²) in [5, 5.41) is 11.7. The number of nitrogens with one attached hydrogen (secondary N) is 1. The van der Waals surface area contributed by atoms with Gasteiger partial charge in [-0.1, -0.05) is 35.3 Å². The van der Waals surface area contributed by atoms with Crippen molar-refractivity contribution < 1.29 is 23.1 Å². The second kappa shape index (κ2) is 6.03. The summed E-state index contributed by atoms with van der Waals surface area (Å²) in [6.07, 6.45) is -3.86. The van der Waals surface area contributed by atoms with Crippen LogP contribution in [0.1, 0.15) is 5.56 Å². The summed E-state index contributed by atoms with van der Waals surface area (Å²) >= 11 is 11.4. The Bertz CT molecular complexity index is 546. The Labute approximate surface area is 123 Å². The zero-order valence-corrected chi connectivity index (χ0v) is 11.6. The van der Waals surface area contributed by atoms with E-state index in [1.807, 2.05) is 0 Å². The molecule has 0 fully saturated rings. The van der Waals surface area contributed by atoms with Crippen molar-refractivity contribution in [1.82, 2.24) is 5.32 Å². The van der Waals surface area contributed by atoms with Gasteiger partial charge >= 0.3 is 6.18 Å². The van der Waals surface area contributed by atoms with Gasteiger partial charge in [-0.15, -0.1) is 0 Å². The largest absolute Gasteiger partial charge is 0.430 e. The molecule has 3 nitrogen and oxygen atoms in total.